The van der Waals surface area contributed by atoms with Gasteiger partial charge in [-0.3, -0.25) is 0 Å². The molecule has 13 heavy (non-hydrogen) atoms. The van der Waals surface area contributed by atoms with Crippen LogP contribution in [0.2, 0.25) is 0 Å². The third kappa shape index (κ3) is 1.26. The molecule has 4 nitrogen and oxygen atoms in total. The van der Waals surface area contributed by atoms with E-state index in [1.54, 1.807) is 6.07 Å². The van der Waals surface area contributed by atoms with E-state index in [1.165, 1.54) is 0 Å². The zero-order valence-electron chi connectivity index (χ0n) is 7.28. The molecule has 2 aromatic rings. The van der Waals surface area contributed by atoms with Crippen molar-refractivity contribution in [2.24, 2.45) is 0 Å². The second-order valence-electron chi connectivity index (χ2n) is 2.97. The molecule has 2 aromatic heterocycles. The monoisotopic (exact) mass is 174 g/mol. The van der Waals surface area contributed by atoms with Crippen LogP contribution < -0.4 is 11.5 Å². The fourth-order valence-corrected chi connectivity index (χ4v) is 1.31. The lowest BCUT2D eigenvalue weighted by Gasteiger charge is -2.02. The molecule has 4 heteroatoms. The molecule has 0 unspecified atom stereocenters. The summed E-state index contributed by atoms with van der Waals surface area (Å²) < 4.78 is 0. The fraction of sp³-hybridized carbons (Fsp3) is 0.111. The molecule has 2 heterocycles. The van der Waals surface area contributed by atoms with Crippen LogP contribution in [0.25, 0.3) is 11.0 Å². The van der Waals surface area contributed by atoms with Crippen molar-refractivity contribution in [1.82, 2.24) is 9.97 Å². The second kappa shape index (κ2) is 2.58. The van der Waals surface area contributed by atoms with Crippen LogP contribution in [-0.2, 0) is 0 Å². The van der Waals surface area contributed by atoms with Crippen LogP contribution in [0.5, 0.6) is 0 Å². The summed E-state index contributed by atoms with van der Waals surface area (Å²) in [5, 5.41) is 0.989. The molecule has 0 aromatic carbocycles. The van der Waals surface area contributed by atoms with Gasteiger partial charge in [-0.1, -0.05) is 0 Å². The lowest BCUT2D eigenvalue weighted by molar-refractivity contribution is 1.28. The summed E-state index contributed by atoms with van der Waals surface area (Å²) in [5.41, 5.74) is 12.8. The number of nitrogens with two attached hydrogens (primary N) is 2. The summed E-state index contributed by atoms with van der Waals surface area (Å²) in [6, 6.07) is 5.48. The quantitative estimate of drug-likeness (QED) is 0.627. The van der Waals surface area contributed by atoms with Gasteiger partial charge in [0, 0.05) is 5.39 Å². The number of anilines is 2. The molecule has 0 aliphatic carbocycles. The van der Waals surface area contributed by atoms with Gasteiger partial charge in [-0.2, -0.15) is 0 Å². The fourth-order valence-electron chi connectivity index (χ4n) is 1.31. The van der Waals surface area contributed by atoms with E-state index in [0.29, 0.717) is 17.3 Å². The molecule has 2 rings (SSSR count). The minimum Gasteiger partial charge on any atom is -0.384 e. The molecule has 66 valence electrons. The van der Waals surface area contributed by atoms with Gasteiger partial charge in [-0.15, -0.1) is 0 Å². The second-order valence-corrected chi connectivity index (χ2v) is 2.97. The molecule has 0 radical (unpaired) electrons. The van der Waals surface area contributed by atoms with Crippen molar-refractivity contribution in [2.75, 3.05) is 11.5 Å². The SMILES string of the molecule is Cc1cc(N)nc2nc(N)ccc12. The number of nitrogen functional groups attached to an aromatic ring is 2. The normalized spacial score (nSPS) is 10.5. The zero-order valence-corrected chi connectivity index (χ0v) is 7.28. The topological polar surface area (TPSA) is 77.8 Å². The number of rotatable bonds is 0. The Bertz CT molecular complexity index is 459. The van der Waals surface area contributed by atoms with Crippen molar-refractivity contribution in [2.45, 2.75) is 6.92 Å². The van der Waals surface area contributed by atoms with Crippen LogP contribution in [0.1, 0.15) is 5.56 Å². The Morgan fingerprint density at radius 1 is 1.08 bits per heavy atom. The van der Waals surface area contributed by atoms with E-state index in [4.69, 9.17) is 11.5 Å². The molecule has 0 aliphatic rings. The maximum absolute atomic E-state index is 5.58. The number of nitrogens with zero attached hydrogens (tertiary/aromatic N) is 2. The summed E-state index contributed by atoms with van der Waals surface area (Å²) in [6.45, 7) is 1.97. The average Bonchev–Trinajstić information content (AvgIpc) is 2.02. The third-order valence-electron chi connectivity index (χ3n) is 1.92. The first-order valence-electron chi connectivity index (χ1n) is 3.96. The molecular formula is C9H10N4. The highest BCUT2D eigenvalue weighted by atomic mass is 14.9. The van der Waals surface area contributed by atoms with Crippen molar-refractivity contribution in [3.05, 3.63) is 23.8 Å². The maximum atomic E-state index is 5.58. The highest BCUT2D eigenvalue weighted by Crippen LogP contribution is 2.17. The average molecular weight is 174 g/mol. The van der Waals surface area contributed by atoms with Crippen LogP contribution in [-0.4, -0.2) is 9.97 Å². The number of pyridine rings is 2. The standard InChI is InChI=1S/C9H10N4/c1-5-4-8(11)13-9-6(5)2-3-7(10)12-9/h2-4H,1H3,(H4,10,11,12,13). The van der Waals surface area contributed by atoms with Gasteiger partial charge in [0.15, 0.2) is 5.65 Å². The molecule has 0 atom stereocenters. The number of fused-ring (bicyclic) bond motifs is 1. The minimum atomic E-state index is 0.463. The van der Waals surface area contributed by atoms with E-state index in [-0.39, 0.29) is 0 Å². The molecule has 0 bridgehead atoms. The van der Waals surface area contributed by atoms with Gasteiger partial charge in [-0.05, 0) is 30.7 Å². The smallest absolute Gasteiger partial charge is 0.164 e. The van der Waals surface area contributed by atoms with Crippen LogP contribution in [0.4, 0.5) is 11.6 Å². The third-order valence-corrected chi connectivity index (χ3v) is 1.92. The number of hydrogen-bond donors (Lipinski definition) is 2. The van der Waals surface area contributed by atoms with Crippen molar-refractivity contribution in [3.63, 3.8) is 0 Å². The van der Waals surface area contributed by atoms with Gasteiger partial charge in [0.05, 0.1) is 0 Å². The number of aryl methyl sites for hydroxylation is 1. The first-order valence-corrected chi connectivity index (χ1v) is 3.96. The van der Waals surface area contributed by atoms with Crippen molar-refractivity contribution < 1.29 is 0 Å². The number of hydrogen-bond acceptors (Lipinski definition) is 4. The van der Waals surface area contributed by atoms with E-state index in [0.717, 1.165) is 10.9 Å². The summed E-state index contributed by atoms with van der Waals surface area (Å²) in [6.07, 6.45) is 0. The minimum absolute atomic E-state index is 0.463. The van der Waals surface area contributed by atoms with E-state index in [1.807, 2.05) is 19.1 Å². The van der Waals surface area contributed by atoms with E-state index in [9.17, 15) is 0 Å². The van der Waals surface area contributed by atoms with Gasteiger partial charge in [0.1, 0.15) is 11.6 Å². The Labute approximate surface area is 75.6 Å². The summed E-state index contributed by atoms with van der Waals surface area (Å²) in [7, 11) is 0. The highest BCUT2D eigenvalue weighted by Gasteiger charge is 2.01. The van der Waals surface area contributed by atoms with Crippen molar-refractivity contribution in [3.8, 4) is 0 Å². The lowest BCUT2D eigenvalue weighted by Crippen LogP contribution is -1.96. The Morgan fingerprint density at radius 3 is 2.54 bits per heavy atom. The molecule has 0 fully saturated rings. The molecule has 0 spiro atoms. The van der Waals surface area contributed by atoms with Crippen molar-refractivity contribution in [1.29, 1.82) is 0 Å². The Morgan fingerprint density at radius 2 is 1.77 bits per heavy atom. The predicted octanol–water partition coefficient (Wildman–Crippen LogP) is 1.10. The molecule has 0 saturated heterocycles. The summed E-state index contributed by atoms with van der Waals surface area (Å²) in [4.78, 5) is 8.17. The highest BCUT2D eigenvalue weighted by molar-refractivity contribution is 5.81. The van der Waals surface area contributed by atoms with Gasteiger partial charge in [-0.25, -0.2) is 9.97 Å². The van der Waals surface area contributed by atoms with Crippen LogP contribution >= 0.6 is 0 Å². The molecule has 4 N–H and O–H groups in total. The Hall–Kier alpha value is -1.84. The largest absolute Gasteiger partial charge is 0.384 e. The zero-order chi connectivity index (χ0) is 9.42. The summed E-state index contributed by atoms with van der Waals surface area (Å²) >= 11 is 0. The first-order chi connectivity index (χ1) is 6.16. The van der Waals surface area contributed by atoms with Crippen LogP contribution in [0.3, 0.4) is 0 Å². The van der Waals surface area contributed by atoms with Gasteiger partial charge in [0.2, 0.25) is 0 Å². The van der Waals surface area contributed by atoms with E-state index in [2.05, 4.69) is 9.97 Å². The Balaban J connectivity index is 2.86. The molecule has 0 saturated carbocycles. The van der Waals surface area contributed by atoms with Crippen LogP contribution in [0, 0.1) is 6.92 Å². The van der Waals surface area contributed by atoms with Gasteiger partial charge >= 0.3 is 0 Å². The van der Waals surface area contributed by atoms with Crippen molar-refractivity contribution >= 4 is 22.7 Å². The first kappa shape index (κ1) is 7.79. The van der Waals surface area contributed by atoms with Gasteiger partial charge < -0.3 is 11.5 Å². The predicted molar refractivity (Wildman–Crippen MR) is 53.1 cm³/mol. The molecular weight excluding hydrogens is 164 g/mol. The molecule has 0 aliphatic heterocycles. The van der Waals surface area contributed by atoms with Crippen LogP contribution in [0.15, 0.2) is 18.2 Å². The van der Waals surface area contributed by atoms with E-state index < -0.39 is 0 Å². The summed E-state index contributed by atoms with van der Waals surface area (Å²) in [5.74, 6) is 0.938. The van der Waals surface area contributed by atoms with E-state index >= 15 is 0 Å². The Kier molecular flexibility index (Phi) is 1.55. The molecule has 0 amide bonds. The maximum Gasteiger partial charge on any atom is 0.164 e. The lowest BCUT2D eigenvalue weighted by atomic mass is 10.2. The van der Waals surface area contributed by atoms with Gasteiger partial charge in [0.25, 0.3) is 0 Å². The number of aromatic nitrogens is 2.